The zero-order valence-corrected chi connectivity index (χ0v) is 6.53. The standard InChI is InChI=1S/C7H13NO3/c1-2-8(5-6-9)4-3-7(10)11/h3-4,9H,2,5-6H2,1H3,(H,10,11). The van der Waals surface area contributed by atoms with E-state index >= 15 is 0 Å². The molecular weight excluding hydrogens is 146 g/mol. The number of aliphatic hydroxyl groups is 1. The molecule has 0 aromatic rings. The van der Waals surface area contributed by atoms with Crippen LogP contribution in [0, 0.1) is 0 Å². The highest BCUT2D eigenvalue weighted by molar-refractivity contribution is 5.79. The first-order chi connectivity index (χ1) is 5.20. The number of nitrogens with zero attached hydrogens (tertiary/aromatic N) is 1. The number of likely N-dealkylation sites (N-methyl/N-ethyl adjacent to an activating group) is 1. The molecule has 0 fully saturated rings. The third-order valence-electron chi connectivity index (χ3n) is 1.22. The quantitative estimate of drug-likeness (QED) is 0.550. The maximum absolute atomic E-state index is 10.0. The lowest BCUT2D eigenvalue weighted by Gasteiger charge is -2.15. The molecule has 2 N–H and O–H groups in total. The van der Waals surface area contributed by atoms with E-state index in [4.69, 9.17) is 10.2 Å². The van der Waals surface area contributed by atoms with Gasteiger partial charge in [-0.15, -0.1) is 0 Å². The molecule has 4 heteroatoms. The summed E-state index contributed by atoms with van der Waals surface area (Å²) >= 11 is 0. The van der Waals surface area contributed by atoms with Crippen molar-refractivity contribution >= 4 is 5.97 Å². The summed E-state index contributed by atoms with van der Waals surface area (Å²) in [5, 5.41) is 16.8. The fourth-order valence-electron chi connectivity index (χ4n) is 0.636. The minimum absolute atomic E-state index is 0.0395. The van der Waals surface area contributed by atoms with Crippen LogP contribution in [0.2, 0.25) is 0 Å². The Morgan fingerprint density at radius 1 is 1.64 bits per heavy atom. The van der Waals surface area contributed by atoms with Crippen LogP contribution in [0.4, 0.5) is 0 Å². The number of carboxylic acid groups (broad SMARTS) is 1. The van der Waals surface area contributed by atoms with Gasteiger partial charge < -0.3 is 15.1 Å². The summed E-state index contributed by atoms with van der Waals surface area (Å²) in [5.41, 5.74) is 0. The minimum atomic E-state index is -0.971. The van der Waals surface area contributed by atoms with Gasteiger partial charge in [-0.2, -0.15) is 0 Å². The lowest BCUT2D eigenvalue weighted by atomic mass is 10.5. The van der Waals surface area contributed by atoms with Gasteiger partial charge >= 0.3 is 5.97 Å². The molecule has 0 aliphatic rings. The Labute approximate surface area is 65.7 Å². The molecule has 4 nitrogen and oxygen atoms in total. The molecule has 0 aromatic heterocycles. The van der Waals surface area contributed by atoms with Crippen molar-refractivity contribution in [2.45, 2.75) is 6.92 Å². The van der Waals surface area contributed by atoms with Gasteiger partial charge in [-0.05, 0) is 6.92 Å². The van der Waals surface area contributed by atoms with Crippen LogP contribution in [-0.4, -0.2) is 40.8 Å². The smallest absolute Gasteiger partial charge is 0.329 e. The third kappa shape index (κ3) is 5.42. The first kappa shape index (κ1) is 9.97. The summed E-state index contributed by atoms with van der Waals surface area (Å²) in [5.74, 6) is -0.971. The number of carbonyl (C=O) groups is 1. The molecule has 0 atom stereocenters. The first-order valence-corrected chi connectivity index (χ1v) is 3.46. The molecule has 0 bridgehead atoms. The fourth-order valence-corrected chi connectivity index (χ4v) is 0.636. The largest absolute Gasteiger partial charge is 0.478 e. The Morgan fingerprint density at radius 3 is 2.64 bits per heavy atom. The van der Waals surface area contributed by atoms with Crippen molar-refractivity contribution in [3.05, 3.63) is 12.3 Å². The van der Waals surface area contributed by atoms with E-state index in [1.54, 1.807) is 4.90 Å². The average molecular weight is 159 g/mol. The summed E-state index contributed by atoms with van der Waals surface area (Å²) in [6, 6.07) is 0. The van der Waals surface area contributed by atoms with Crippen LogP contribution in [0.25, 0.3) is 0 Å². The van der Waals surface area contributed by atoms with Crippen molar-refractivity contribution < 1.29 is 15.0 Å². The van der Waals surface area contributed by atoms with E-state index in [2.05, 4.69) is 0 Å². The van der Waals surface area contributed by atoms with Crippen LogP contribution in [-0.2, 0) is 4.79 Å². The second kappa shape index (κ2) is 5.73. The zero-order chi connectivity index (χ0) is 8.69. The van der Waals surface area contributed by atoms with Gasteiger partial charge in [0, 0.05) is 25.4 Å². The molecule has 0 radical (unpaired) electrons. The fraction of sp³-hybridized carbons (Fsp3) is 0.571. The molecule has 64 valence electrons. The predicted molar refractivity (Wildman–Crippen MR) is 41.1 cm³/mol. The van der Waals surface area contributed by atoms with Crippen LogP contribution in [0.5, 0.6) is 0 Å². The molecule has 0 saturated carbocycles. The van der Waals surface area contributed by atoms with E-state index < -0.39 is 5.97 Å². The minimum Gasteiger partial charge on any atom is -0.478 e. The van der Waals surface area contributed by atoms with Crippen molar-refractivity contribution in [2.24, 2.45) is 0 Å². The second-order valence-electron chi connectivity index (χ2n) is 2.01. The molecule has 0 aromatic carbocycles. The Kier molecular flexibility index (Phi) is 5.20. The summed E-state index contributed by atoms with van der Waals surface area (Å²) in [4.78, 5) is 11.8. The molecule has 11 heavy (non-hydrogen) atoms. The van der Waals surface area contributed by atoms with Crippen molar-refractivity contribution in [3.8, 4) is 0 Å². The Hall–Kier alpha value is -1.03. The van der Waals surface area contributed by atoms with Gasteiger partial charge in [0.1, 0.15) is 0 Å². The normalized spacial score (nSPS) is 10.4. The maximum Gasteiger partial charge on any atom is 0.329 e. The molecule has 0 aliphatic heterocycles. The molecular formula is C7H13NO3. The summed E-state index contributed by atoms with van der Waals surface area (Å²) in [6.45, 7) is 3.10. The number of rotatable bonds is 5. The van der Waals surface area contributed by atoms with E-state index in [1.807, 2.05) is 6.92 Å². The van der Waals surface area contributed by atoms with Crippen LogP contribution in [0.15, 0.2) is 12.3 Å². The highest BCUT2D eigenvalue weighted by Gasteiger charge is 1.93. The van der Waals surface area contributed by atoms with Crippen LogP contribution < -0.4 is 0 Å². The van der Waals surface area contributed by atoms with Crippen LogP contribution in [0.1, 0.15) is 6.92 Å². The molecule has 0 unspecified atom stereocenters. The number of carboxylic acids is 1. The lowest BCUT2D eigenvalue weighted by Crippen LogP contribution is -2.20. The molecule has 0 amide bonds. The van der Waals surface area contributed by atoms with Crippen molar-refractivity contribution in [2.75, 3.05) is 19.7 Å². The van der Waals surface area contributed by atoms with Crippen LogP contribution >= 0.6 is 0 Å². The van der Waals surface area contributed by atoms with E-state index in [1.165, 1.54) is 6.20 Å². The topological polar surface area (TPSA) is 60.8 Å². The molecule has 0 aliphatic carbocycles. The van der Waals surface area contributed by atoms with Gasteiger partial charge in [-0.3, -0.25) is 0 Å². The zero-order valence-electron chi connectivity index (χ0n) is 6.53. The summed E-state index contributed by atoms with van der Waals surface area (Å²) in [6.07, 6.45) is 2.51. The Morgan fingerprint density at radius 2 is 2.27 bits per heavy atom. The third-order valence-corrected chi connectivity index (χ3v) is 1.22. The Bertz CT molecular complexity index is 145. The van der Waals surface area contributed by atoms with Gasteiger partial charge in [0.15, 0.2) is 0 Å². The number of hydrogen-bond donors (Lipinski definition) is 2. The van der Waals surface area contributed by atoms with Crippen molar-refractivity contribution in [1.29, 1.82) is 0 Å². The summed E-state index contributed by atoms with van der Waals surface area (Å²) < 4.78 is 0. The lowest BCUT2D eigenvalue weighted by molar-refractivity contribution is -0.131. The Balaban J connectivity index is 3.76. The van der Waals surface area contributed by atoms with E-state index in [9.17, 15) is 4.79 Å². The van der Waals surface area contributed by atoms with Gasteiger partial charge in [0.2, 0.25) is 0 Å². The SMILES string of the molecule is CCN(C=CC(=O)O)CCO. The van der Waals surface area contributed by atoms with Crippen molar-refractivity contribution in [1.82, 2.24) is 4.90 Å². The summed E-state index contributed by atoms with van der Waals surface area (Å²) in [7, 11) is 0. The van der Waals surface area contributed by atoms with Gasteiger partial charge in [0.05, 0.1) is 6.61 Å². The van der Waals surface area contributed by atoms with Gasteiger partial charge in [0.25, 0.3) is 0 Å². The number of aliphatic hydroxyl groups excluding tert-OH is 1. The first-order valence-electron chi connectivity index (χ1n) is 3.46. The van der Waals surface area contributed by atoms with Crippen LogP contribution in [0.3, 0.4) is 0 Å². The van der Waals surface area contributed by atoms with Crippen molar-refractivity contribution in [3.63, 3.8) is 0 Å². The number of aliphatic carboxylic acids is 1. The predicted octanol–water partition coefficient (Wildman–Crippen LogP) is -0.101. The van der Waals surface area contributed by atoms with Gasteiger partial charge in [-0.25, -0.2) is 4.79 Å². The maximum atomic E-state index is 10.0. The second-order valence-corrected chi connectivity index (χ2v) is 2.01. The number of hydrogen-bond acceptors (Lipinski definition) is 3. The molecule has 0 rings (SSSR count). The highest BCUT2D eigenvalue weighted by Crippen LogP contribution is 1.87. The van der Waals surface area contributed by atoms with Gasteiger partial charge in [-0.1, -0.05) is 0 Å². The molecule has 0 spiro atoms. The van der Waals surface area contributed by atoms with E-state index in [0.29, 0.717) is 13.1 Å². The average Bonchev–Trinajstić information content (AvgIpc) is 1.97. The van der Waals surface area contributed by atoms with E-state index in [-0.39, 0.29) is 6.61 Å². The molecule has 0 saturated heterocycles. The molecule has 0 heterocycles. The highest BCUT2D eigenvalue weighted by atomic mass is 16.4. The van der Waals surface area contributed by atoms with E-state index in [0.717, 1.165) is 6.08 Å². The monoisotopic (exact) mass is 159 g/mol.